The zero-order valence-electron chi connectivity index (χ0n) is 24.7. The summed E-state index contributed by atoms with van der Waals surface area (Å²) in [5, 5.41) is 24.8. The lowest BCUT2D eigenvalue weighted by molar-refractivity contribution is -1.05. The Morgan fingerprint density at radius 1 is 1.36 bits per heavy atom. The number of methoxy groups -OCH3 is 1. The van der Waals surface area contributed by atoms with Crippen LogP contribution in [0.3, 0.4) is 0 Å². The van der Waals surface area contributed by atoms with E-state index in [9.17, 15) is 14.7 Å². The van der Waals surface area contributed by atoms with Crippen LogP contribution in [0.25, 0.3) is 5.57 Å². The first-order valence-electron chi connectivity index (χ1n) is 14.8. The fourth-order valence-electron chi connectivity index (χ4n) is 7.01. The lowest BCUT2D eigenvalue weighted by Crippen LogP contribution is -3.36. The smallest absolute Gasteiger partial charge is 0.374 e. The molecule has 0 aromatic heterocycles. The summed E-state index contributed by atoms with van der Waals surface area (Å²) in [5.74, 6) is 0.783. The van der Waals surface area contributed by atoms with Gasteiger partial charge in [-0.05, 0) is 50.8 Å². The zero-order valence-corrected chi connectivity index (χ0v) is 24.7. The Morgan fingerprint density at radius 2 is 2.20 bits per heavy atom. The molecule has 5 aliphatic heterocycles. The average Bonchev–Trinajstić information content (AvgIpc) is 3.72. The Balaban J connectivity index is 1.25. The van der Waals surface area contributed by atoms with Crippen LogP contribution in [0.4, 0.5) is 0 Å². The van der Waals surface area contributed by atoms with Crippen molar-refractivity contribution in [2.75, 3.05) is 26.9 Å². The summed E-state index contributed by atoms with van der Waals surface area (Å²) in [6.07, 6.45) is 9.17. The highest BCUT2D eigenvalue weighted by Gasteiger charge is 2.51. The second kappa shape index (κ2) is 10.6. The van der Waals surface area contributed by atoms with Gasteiger partial charge in [0, 0.05) is 17.5 Å². The molecule has 1 aliphatic carbocycles. The minimum Gasteiger partial charge on any atom is -0.496 e. The second-order valence-corrected chi connectivity index (χ2v) is 11.7. The first kappa shape index (κ1) is 28.3. The van der Waals surface area contributed by atoms with Crippen LogP contribution < -0.4 is 34.6 Å². The van der Waals surface area contributed by atoms with E-state index >= 15 is 0 Å². The number of benzene rings is 1. The van der Waals surface area contributed by atoms with E-state index in [1.165, 1.54) is 0 Å². The number of hydrogen-bond donors (Lipinski definition) is 6. The Morgan fingerprint density at radius 3 is 3.00 bits per heavy atom. The lowest BCUT2D eigenvalue weighted by Gasteiger charge is -2.37. The van der Waals surface area contributed by atoms with E-state index in [0.717, 1.165) is 33.8 Å². The van der Waals surface area contributed by atoms with Crippen LogP contribution in [0.1, 0.15) is 50.2 Å². The summed E-state index contributed by atoms with van der Waals surface area (Å²) < 4.78 is 23.7. The van der Waals surface area contributed by atoms with Crippen molar-refractivity contribution >= 4 is 35.0 Å². The number of quaternary nitrogens is 2. The van der Waals surface area contributed by atoms with Crippen molar-refractivity contribution < 1.29 is 43.4 Å². The first-order valence-corrected chi connectivity index (χ1v) is 14.8. The molecule has 0 saturated heterocycles. The third-order valence-electron chi connectivity index (χ3n) is 8.97. The number of allylic oxidation sites excluding steroid dienone is 2. The van der Waals surface area contributed by atoms with Crippen LogP contribution in [0.2, 0.25) is 0 Å². The van der Waals surface area contributed by atoms with Crippen molar-refractivity contribution in [2.24, 2.45) is 9.98 Å². The largest absolute Gasteiger partial charge is 0.496 e. The van der Waals surface area contributed by atoms with Crippen LogP contribution in [-0.4, -0.2) is 79.4 Å². The molecule has 6 aliphatic rings. The van der Waals surface area contributed by atoms with Crippen molar-refractivity contribution in [3.63, 3.8) is 0 Å². The van der Waals surface area contributed by atoms with Crippen LogP contribution in [0, 0.1) is 5.41 Å². The highest BCUT2D eigenvalue weighted by molar-refractivity contribution is 6.68. The van der Waals surface area contributed by atoms with Crippen molar-refractivity contribution in [2.45, 2.75) is 57.0 Å². The molecule has 1 aromatic carbocycles. The molecular weight excluding hydrogens is 570 g/mol. The van der Waals surface area contributed by atoms with Crippen molar-refractivity contribution in [1.29, 1.82) is 5.41 Å². The van der Waals surface area contributed by atoms with E-state index in [0.29, 0.717) is 48.3 Å². The molecule has 14 heteroatoms. The summed E-state index contributed by atoms with van der Waals surface area (Å²) in [6, 6.07) is 1.78. The van der Waals surface area contributed by atoms with Gasteiger partial charge in [0.1, 0.15) is 36.1 Å². The summed E-state index contributed by atoms with van der Waals surface area (Å²) >= 11 is 0. The minimum absolute atomic E-state index is 0.0425. The highest BCUT2D eigenvalue weighted by atomic mass is 16.6. The van der Waals surface area contributed by atoms with Gasteiger partial charge in [-0.2, -0.15) is 9.89 Å². The molecule has 6 N–H and O–H groups in total. The van der Waals surface area contributed by atoms with Crippen molar-refractivity contribution in [3.05, 3.63) is 47.5 Å². The number of nitrogens with one attached hydrogen (secondary N) is 5. The molecule has 0 spiro atoms. The number of ether oxygens (including phenoxy) is 4. The maximum Gasteiger partial charge on any atom is 0.374 e. The number of aliphatic hydroxyl groups is 1. The fourth-order valence-corrected chi connectivity index (χ4v) is 7.01. The quantitative estimate of drug-likeness (QED) is 0.217. The number of aliphatic imine (C=N–C) groups is 2. The number of amides is 1. The number of carbonyl (C=O) groups excluding carboxylic acids is 2. The molecule has 14 nitrogen and oxygen atoms in total. The molecule has 1 aromatic rings. The number of amidine groups is 1. The molecule has 1 fully saturated rings. The topological polar surface area (TPSA) is 173 Å². The van der Waals surface area contributed by atoms with E-state index in [4.69, 9.17) is 24.4 Å². The molecule has 1 saturated carbocycles. The minimum atomic E-state index is -0.988. The summed E-state index contributed by atoms with van der Waals surface area (Å²) in [6.45, 7) is 4.51. The molecule has 1 amide bonds. The summed E-state index contributed by atoms with van der Waals surface area (Å²) in [7, 11) is 1.60. The summed E-state index contributed by atoms with van der Waals surface area (Å²) in [5.41, 5.74) is 1.56. The molecule has 3 unspecified atom stereocenters. The van der Waals surface area contributed by atoms with Gasteiger partial charge in [-0.3, -0.25) is 20.8 Å². The molecule has 44 heavy (non-hydrogen) atoms. The molecule has 7 rings (SSSR count). The number of fused-ring (bicyclic) bond motifs is 5. The lowest BCUT2D eigenvalue weighted by atomic mass is 9.74. The first-order chi connectivity index (χ1) is 21.2. The summed E-state index contributed by atoms with van der Waals surface area (Å²) in [4.78, 5) is 35.7. The normalized spacial score (nSPS) is 32.1. The molecule has 230 valence electrons. The Labute approximate surface area is 253 Å². The Bertz CT molecular complexity index is 1630. The number of guanidine groups is 1. The van der Waals surface area contributed by atoms with Crippen LogP contribution >= 0.6 is 0 Å². The number of nitrogens with zero attached hydrogens (tertiary/aromatic N) is 2. The van der Waals surface area contributed by atoms with Gasteiger partial charge >= 0.3 is 12.3 Å². The third kappa shape index (κ3) is 4.48. The monoisotopic (exact) mass is 605 g/mol. The third-order valence-corrected chi connectivity index (χ3v) is 8.97. The number of carbonyl (C=O) groups is 2. The van der Waals surface area contributed by atoms with E-state index in [-0.39, 0.29) is 36.2 Å². The van der Waals surface area contributed by atoms with E-state index < -0.39 is 23.6 Å². The van der Waals surface area contributed by atoms with Gasteiger partial charge in [0.25, 0.3) is 11.7 Å². The Hall–Kier alpha value is -4.53. The standard InChI is InChI=1S/C30H33N7O7/c1-4-42-27(39)19-12-15(7-10-36-11-9-32-29(36)37-14-33-22-25(37)34-28(31)35-26(22)38)20-17(43-19)13-18-21(23(20)41-3)16-6-5-8-30(2,40)24(16)44-18/h7,9,11-13,16,24,29,32,40H,4-6,8,10,14H2,1-3H3,(H2,31,35,38)/p+2/b15-7+/t16-,24+,29?,30-/m1/s1. The fraction of sp³-hybridized carbons (Fsp3) is 0.433. The van der Waals surface area contributed by atoms with Gasteiger partial charge in [-0.25, -0.2) is 14.7 Å². The van der Waals surface area contributed by atoms with Crippen LogP contribution in [0.5, 0.6) is 17.2 Å². The molecule has 0 bridgehead atoms. The van der Waals surface area contributed by atoms with Crippen molar-refractivity contribution in [1.82, 2.24) is 10.6 Å². The Kier molecular flexibility index (Phi) is 6.79. The van der Waals surface area contributed by atoms with Crippen LogP contribution in [0.15, 0.2) is 46.4 Å². The maximum atomic E-state index is 12.9. The molecular formula is C30H35N7O7+2. The average molecular weight is 606 g/mol. The predicted molar refractivity (Wildman–Crippen MR) is 156 cm³/mol. The van der Waals surface area contributed by atoms with Gasteiger partial charge in [0.05, 0.1) is 31.1 Å². The zero-order chi connectivity index (χ0) is 30.7. The van der Waals surface area contributed by atoms with E-state index in [1.807, 2.05) is 25.4 Å². The molecule has 5 heterocycles. The SMILES string of the molecule is CCOC(=O)C1=C/C(=C\C[NH+]2C=CNC2[NH+]2CN=C3C(=O)NC(=N)N=C32)c2c(cc3c(c2OC)[C@H]2CCC[C@@](C)(O)[C@H]2O3)O1. The van der Waals surface area contributed by atoms with Gasteiger partial charge < -0.3 is 24.1 Å². The molecule has 6 atom stereocenters. The number of esters is 1. The highest BCUT2D eigenvalue weighted by Crippen LogP contribution is 2.57. The maximum absolute atomic E-state index is 12.9. The number of hydrogen-bond acceptors (Lipinski definition) is 10. The predicted octanol–water partition coefficient (Wildman–Crippen LogP) is -1.30. The van der Waals surface area contributed by atoms with Gasteiger partial charge in [0.2, 0.25) is 17.4 Å². The molecule has 0 radical (unpaired) electrons. The van der Waals surface area contributed by atoms with Crippen molar-refractivity contribution in [3.8, 4) is 17.2 Å². The van der Waals surface area contributed by atoms with Gasteiger partial charge in [0.15, 0.2) is 6.67 Å². The van der Waals surface area contributed by atoms with Gasteiger partial charge in [-0.15, -0.1) is 0 Å². The number of rotatable bonds is 6. The van der Waals surface area contributed by atoms with Crippen LogP contribution in [-0.2, 0) is 14.3 Å². The van der Waals surface area contributed by atoms with E-state index in [2.05, 4.69) is 20.6 Å². The van der Waals surface area contributed by atoms with E-state index in [1.54, 1.807) is 26.2 Å². The van der Waals surface area contributed by atoms with Gasteiger partial charge in [-0.1, -0.05) is 0 Å². The second-order valence-electron chi connectivity index (χ2n) is 11.7.